The summed E-state index contributed by atoms with van der Waals surface area (Å²) in [6, 6.07) is 15.4. The number of halogens is 1. The van der Waals surface area contributed by atoms with E-state index in [2.05, 4.69) is 20.6 Å². The second kappa shape index (κ2) is 7.74. The Morgan fingerprint density at radius 2 is 1.81 bits per heavy atom. The predicted octanol–water partition coefficient (Wildman–Crippen LogP) is 3.91. The molecule has 1 amide bonds. The fraction of sp³-hybridized carbons (Fsp3) is 0.150. The summed E-state index contributed by atoms with van der Waals surface area (Å²) in [5, 5.41) is 5.91. The average Bonchev–Trinajstić information content (AvgIpc) is 2.61. The van der Waals surface area contributed by atoms with Crippen LogP contribution in [0.5, 0.6) is 0 Å². The minimum absolute atomic E-state index is 0.273. The van der Waals surface area contributed by atoms with E-state index in [1.807, 2.05) is 31.2 Å². The molecule has 0 radical (unpaired) electrons. The number of anilines is 2. The van der Waals surface area contributed by atoms with Gasteiger partial charge in [-0.1, -0.05) is 29.8 Å². The highest BCUT2D eigenvalue weighted by molar-refractivity contribution is 5.93. The van der Waals surface area contributed by atoms with E-state index < -0.39 is 0 Å². The van der Waals surface area contributed by atoms with Gasteiger partial charge in [0.1, 0.15) is 23.2 Å². The molecule has 6 heteroatoms. The zero-order valence-corrected chi connectivity index (χ0v) is 14.6. The Morgan fingerprint density at radius 3 is 2.54 bits per heavy atom. The first-order chi connectivity index (χ1) is 12.5. The van der Waals surface area contributed by atoms with Crippen LogP contribution >= 0.6 is 0 Å². The molecule has 2 N–H and O–H groups in total. The van der Waals surface area contributed by atoms with Gasteiger partial charge < -0.3 is 10.6 Å². The van der Waals surface area contributed by atoms with Crippen LogP contribution in [0, 0.1) is 19.7 Å². The van der Waals surface area contributed by atoms with Crippen molar-refractivity contribution in [2.45, 2.75) is 20.4 Å². The molecule has 0 saturated heterocycles. The zero-order chi connectivity index (χ0) is 18.5. The molecular formula is C20H19FN4O. The van der Waals surface area contributed by atoms with Crippen LogP contribution in [0.25, 0.3) is 0 Å². The summed E-state index contributed by atoms with van der Waals surface area (Å²) in [7, 11) is 0. The van der Waals surface area contributed by atoms with Gasteiger partial charge in [0, 0.05) is 18.3 Å². The van der Waals surface area contributed by atoms with Crippen LogP contribution in [0.15, 0.2) is 54.6 Å². The first-order valence-corrected chi connectivity index (χ1v) is 8.21. The maximum absolute atomic E-state index is 13.0. The molecule has 0 aliphatic carbocycles. The van der Waals surface area contributed by atoms with Crippen LogP contribution in [0.4, 0.5) is 15.9 Å². The van der Waals surface area contributed by atoms with E-state index in [0.717, 1.165) is 11.1 Å². The highest BCUT2D eigenvalue weighted by Gasteiger charge is 2.11. The highest BCUT2D eigenvalue weighted by Crippen LogP contribution is 2.16. The van der Waals surface area contributed by atoms with Gasteiger partial charge >= 0.3 is 0 Å². The van der Waals surface area contributed by atoms with E-state index in [1.165, 1.54) is 12.1 Å². The molecule has 1 heterocycles. The number of aromatic nitrogens is 2. The lowest BCUT2D eigenvalue weighted by Gasteiger charge is -2.09. The van der Waals surface area contributed by atoms with Crippen LogP contribution in [-0.2, 0) is 6.54 Å². The molecule has 0 spiro atoms. The van der Waals surface area contributed by atoms with E-state index in [9.17, 15) is 9.18 Å². The first kappa shape index (κ1) is 17.5. The summed E-state index contributed by atoms with van der Waals surface area (Å²) in [4.78, 5) is 20.9. The Morgan fingerprint density at radius 1 is 1.04 bits per heavy atom. The van der Waals surface area contributed by atoms with Gasteiger partial charge in [-0.15, -0.1) is 0 Å². The third kappa shape index (κ3) is 4.63. The molecule has 0 bridgehead atoms. The number of carbonyl (C=O) groups excluding carboxylic acids is 1. The van der Waals surface area contributed by atoms with E-state index in [0.29, 0.717) is 23.9 Å². The summed E-state index contributed by atoms with van der Waals surface area (Å²) < 4.78 is 13.0. The molecule has 0 aliphatic heterocycles. The Balaban J connectivity index is 1.71. The van der Waals surface area contributed by atoms with Gasteiger partial charge in [-0.3, -0.25) is 4.79 Å². The van der Waals surface area contributed by atoms with Crippen molar-refractivity contribution in [1.82, 2.24) is 15.3 Å². The molecule has 2 aromatic carbocycles. The molecule has 0 aliphatic rings. The van der Waals surface area contributed by atoms with Crippen LogP contribution in [-0.4, -0.2) is 15.9 Å². The lowest BCUT2D eigenvalue weighted by Crippen LogP contribution is -2.24. The fourth-order valence-corrected chi connectivity index (χ4v) is 2.52. The van der Waals surface area contributed by atoms with Crippen molar-refractivity contribution >= 4 is 17.4 Å². The smallest absolute Gasteiger partial charge is 0.270 e. The molecule has 132 valence electrons. The van der Waals surface area contributed by atoms with Crippen molar-refractivity contribution in [1.29, 1.82) is 0 Å². The molecule has 5 nitrogen and oxygen atoms in total. The third-order valence-electron chi connectivity index (χ3n) is 3.72. The summed E-state index contributed by atoms with van der Waals surface area (Å²) in [5.74, 6) is 0.354. The number of hydrogen-bond donors (Lipinski definition) is 2. The van der Waals surface area contributed by atoms with Gasteiger partial charge in [-0.2, -0.15) is 0 Å². The molecule has 0 fully saturated rings. The number of benzene rings is 2. The molecule has 0 saturated carbocycles. The molecule has 26 heavy (non-hydrogen) atoms. The van der Waals surface area contributed by atoms with E-state index in [1.54, 1.807) is 25.1 Å². The van der Waals surface area contributed by atoms with Crippen LogP contribution in [0.1, 0.15) is 27.4 Å². The second-order valence-corrected chi connectivity index (χ2v) is 5.99. The van der Waals surface area contributed by atoms with Gasteiger partial charge in [0.25, 0.3) is 5.91 Å². The van der Waals surface area contributed by atoms with Gasteiger partial charge in [0.15, 0.2) is 0 Å². The maximum atomic E-state index is 13.0. The number of rotatable bonds is 5. The minimum atomic E-state index is -0.314. The van der Waals surface area contributed by atoms with Crippen LogP contribution in [0.3, 0.4) is 0 Å². The fourth-order valence-electron chi connectivity index (χ4n) is 2.52. The summed E-state index contributed by atoms with van der Waals surface area (Å²) in [6.45, 7) is 4.14. The molecular weight excluding hydrogens is 331 g/mol. The first-order valence-electron chi connectivity index (χ1n) is 8.21. The number of carbonyl (C=O) groups is 1. The summed E-state index contributed by atoms with van der Waals surface area (Å²) in [5.41, 5.74) is 3.11. The lowest BCUT2D eigenvalue weighted by atomic mass is 10.1. The van der Waals surface area contributed by atoms with Crippen molar-refractivity contribution in [2.75, 3.05) is 5.32 Å². The Bertz CT molecular complexity index is 925. The molecule has 0 unspecified atom stereocenters. The van der Waals surface area contributed by atoms with E-state index >= 15 is 0 Å². The highest BCUT2D eigenvalue weighted by atomic mass is 19.1. The SMILES string of the molecule is Cc1cccc(CNC(=O)c2cc(Nc3ccc(F)cc3)nc(C)n2)c1. The van der Waals surface area contributed by atoms with Crippen molar-refractivity contribution in [3.05, 3.63) is 83.1 Å². The number of hydrogen-bond acceptors (Lipinski definition) is 4. The minimum Gasteiger partial charge on any atom is -0.347 e. The van der Waals surface area contributed by atoms with Crippen LogP contribution in [0.2, 0.25) is 0 Å². The average molecular weight is 350 g/mol. The quantitative estimate of drug-likeness (QED) is 0.732. The molecule has 0 atom stereocenters. The van der Waals surface area contributed by atoms with Crippen molar-refractivity contribution < 1.29 is 9.18 Å². The molecule has 3 aromatic rings. The van der Waals surface area contributed by atoms with Crippen molar-refractivity contribution in [3.63, 3.8) is 0 Å². The van der Waals surface area contributed by atoms with Gasteiger partial charge in [0.05, 0.1) is 0 Å². The zero-order valence-electron chi connectivity index (χ0n) is 14.6. The largest absolute Gasteiger partial charge is 0.347 e. The normalized spacial score (nSPS) is 10.4. The molecule has 3 rings (SSSR count). The monoisotopic (exact) mass is 350 g/mol. The Labute approximate surface area is 151 Å². The van der Waals surface area contributed by atoms with Crippen molar-refractivity contribution in [2.24, 2.45) is 0 Å². The standard InChI is InChI=1S/C20H19FN4O/c1-13-4-3-5-15(10-13)12-22-20(26)18-11-19(24-14(2)23-18)25-17-8-6-16(21)7-9-17/h3-11H,12H2,1-2H3,(H,22,26)(H,23,24,25). The summed E-state index contributed by atoms with van der Waals surface area (Å²) >= 11 is 0. The van der Waals surface area contributed by atoms with Crippen LogP contribution < -0.4 is 10.6 Å². The summed E-state index contributed by atoms with van der Waals surface area (Å²) in [6.07, 6.45) is 0. The number of aryl methyl sites for hydroxylation is 2. The second-order valence-electron chi connectivity index (χ2n) is 5.99. The predicted molar refractivity (Wildman–Crippen MR) is 98.8 cm³/mol. The molecule has 1 aromatic heterocycles. The van der Waals surface area contributed by atoms with E-state index in [-0.39, 0.29) is 17.4 Å². The number of amides is 1. The third-order valence-corrected chi connectivity index (χ3v) is 3.72. The Hall–Kier alpha value is -3.28. The Kier molecular flexibility index (Phi) is 5.22. The maximum Gasteiger partial charge on any atom is 0.270 e. The van der Waals surface area contributed by atoms with E-state index in [4.69, 9.17) is 0 Å². The van der Waals surface area contributed by atoms with Gasteiger partial charge in [-0.05, 0) is 43.7 Å². The topological polar surface area (TPSA) is 66.9 Å². The lowest BCUT2D eigenvalue weighted by molar-refractivity contribution is 0.0945. The van der Waals surface area contributed by atoms with Gasteiger partial charge in [0.2, 0.25) is 0 Å². The number of nitrogens with zero attached hydrogens (tertiary/aromatic N) is 2. The number of nitrogens with one attached hydrogen (secondary N) is 2. The van der Waals surface area contributed by atoms with Crippen molar-refractivity contribution in [3.8, 4) is 0 Å². The van der Waals surface area contributed by atoms with Gasteiger partial charge in [-0.25, -0.2) is 14.4 Å².